The summed E-state index contributed by atoms with van der Waals surface area (Å²) in [6.45, 7) is 0. The fourth-order valence-corrected chi connectivity index (χ4v) is 0. The molecule has 0 rings (SSSR count). The second kappa shape index (κ2) is 18.9. The number of carboxylic acid groups (broad SMARTS) is 4. The van der Waals surface area contributed by atoms with Gasteiger partial charge in [0, 0.05) is 0 Å². The minimum absolute atomic E-state index is 0. The summed E-state index contributed by atoms with van der Waals surface area (Å²) in [4.78, 5) is 36.4. The first kappa shape index (κ1) is 29.2. The average Bonchev–Trinajstić information content (AvgIpc) is 2.08. The quantitative estimate of drug-likeness (QED) is 0.406. The van der Waals surface area contributed by atoms with Crippen molar-refractivity contribution < 1.29 is 65.4 Å². The summed E-state index contributed by atoms with van der Waals surface area (Å²) < 4.78 is 8.19. The van der Waals surface area contributed by atoms with Gasteiger partial charge in [-0.1, -0.05) is 7.43 Å². The fraction of sp³-hybridized carbons (Fsp3) is 0.200. The van der Waals surface area contributed by atoms with Gasteiger partial charge in [0.1, 0.15) is 0 Å². The van der Waals surface area contributed by atoms with E-state index in [-0.39, 0.29) is 12.1 Å². The van der Waals surface area contributed by atoms with Gasteiger partial charge >= 0.3 is 44.9 Å². The molecule has 0 fully saturated rings. The predicted molar refractivity (Wildman–Crippen MR) is 40.5 cm³/mol. The van der Waals surface area contributed by atoms with Gasteiger partial charge in [-0.25, -0.2) is 19.2 Å². The average molecular weight is 283 g/mol. The van der Waals surface area contributed by atoms with Crippen molar-refractivity contribution >= 4 is 23.9 Å². The number of rotatable bonds is 0. The predicted octanol–water partition coefficient (Wildman–Crippen LogP) is -1.02. The van der Waals surface area contributed by atoms with Crippen molar-refractivity contribution in [3.8, 4) is 0 Å². The molecule has 0 spiro atoms. The van der Waals surface area contributed by atoms with Crippen LogP contribution in [0, 0.1) is 0 Å². The molecular weight excluding hydrogens is 274 g/mol. The Hall–Kier alpha value is -1.81. The number of carbonyl (C=O) groups is 4. The molecule has 0 saturated heterocycles. The SMILES string of the molecule is C.F.O=C(O)C(=O)O.O=C(O)C(=O)O.[O]=[V]. The monoisotopic (exact) mass is 283 g/mol. The van der Waals surface area contributed by atoms with Gasteiger partial charge in [-0.05, 0) is 0 Å². The Kier molecular flexibility index (Phi) is 34.5. The summed E-state index contributed by atoms with van der Waals surface area (Å²) in [6, 6.07) is 0. The Morgan fingerprint density at radius 3 is 0.688 bits per heavy atom. The minimum atomic E-state index is -1.82. The van der Waals surface area contributed by atoms with Crippen molar-refractivity contribution in [3.05, 3.63) is 0 Å². The summed E-state index contributed by atoms with van der Waals surface area (Å²) in [5.41, 5.74) is 0. The molecule has 0 radical (unpaired) electrons. The zero-order valence-electron chi connectivity index (χ0n) is 6.69. The van der Waals surface area contributed by atoms with Gasteiger partial charge in [0.15, 0.2) is 0 Å². The van der Waals surface area contributed by atoms with E-state index in [0.29, 0.717) is 0 Å². The maximum atomic E-state index is 9.10. The number of halogens is 1. The molecule has 0 aromatic heterocycles. The standard InChI is InChI=1S/2C2H2O4.CH4.FH.O.V/c2*3-1(4)2(5)6;;;;/h2*(H,3,4)(H,5,6);1H4;1H;;. The topological polar surface area (TPSA) is 166 Å². The van der Waals surface area contributed by atoms with E-state index < -0.39 is 23.9 Å². The van der Waals surface area contributed by atoms with Crippen LogP contribution in [0.4, 0.5) is 4.70 Å². The number of carboxylic acids is 4. The zero-order chi connectivity index (χ0) is 12.3. The Morgan fingerprint density at radius 1 is 0.625 bits per heavy atom. The third-order valence-electron chi connectivity index (χ3n) is 0.366. The summed E-state index contributed by atoms with van der Waals surface area (Å²) in [5, 5.41) is 29.6. The second-order valence-corrected chi connectivity index (χ2v) is 1.22. The molecule has 11 heteroatoms. The molecule has 0 unspecified atom stereocenters. The van der Waals surface area contributed by atoms with Gasteiger partial charge in [0.05, 0.1) is 0 Å². The van der Waals surface area contributed by atoms with Crippen LogP contribution in [-0.4, -0.2) is 44.3 Å². The van der Waals surface area contributed by atoms with Crippen molar-refractivity contribution in [1.29, 1.82) is 0 Å². The van der Waals surface area contributed by atoms with E-state index in [9.17, 15) is 0 Å². The molecule has 9 nitrogen and oxygen atoms in total. The summed E-state index contributed by atoms with van der Waals surface area (Å²) in [6.07, 6.45) is 0. The molecule has 0 aromatic rings. The number of hydrogen-bond donors (Lipinski definition) is 4. The summed E-state index contributed by atoms with van der Waals surface area (Å²) in [5.74, 6) is -7.30. The molecule has 0 aromatic carbocycles. The molecule has 95 valence electrons. The summed E-state index contributed by atoms with van der Waals surface area (Å²) in [7, 11) is 0. The van der Waals surface area contributed by atoms with Gasteiger partial charge in [-0.2, -0.15) is 0 Å². The van der Waals surface area contributed by atoms with Crippen LogP contribution < -0.4 is 0 Å². The first-order valence-electron chi connectivity index (χ1n) is 2.39. The van der Waals surface area contributed by atoms with Crippen LogP contribution in [0.25, 0.3) is 0 Å². The van der Waals surface area contributed by atoms with E-state index in [4.69, 9.17) is 43.3 Å². The molecule has 0 saturated carbocycles. The zero-order valence-corrected chi connectivity index (χ0v) is 8.08. The van der Waals surface area contributed by atoms with E-state index in [0.717, 1.165) is 17.4 Å². The molecule has 4 N–H and O–H groups in total. The van der Waals surface area contributed by atoms with Gasteiger partial charge < -0.3 is 20.4 Å². The molecule has 0 aliphatic rings. The van der Waals surface area contributed by atoms with E-state index in [1.165, 1.54) is 0 Å². The van der Waals surface area contributed by atoms with Gasteiger partial charge in [0.2, 0.25) is 0 Å². The van der Waals surface area contributed by atoms with Crippen LogP contribution in [-0.2, 0) is 40.2 Å². The Bertz CT molecular complexity index is 192. The normalized spacial score (nSPS) is 5.69. The van der Waals surface area contributed by atoms with Crippen molar-refractivity contribution in [2.45, 2.75) is 7.43 Å². The van der Waals surface area contributed by atoms with Crippen LogP contribution in [0.3, 0.4) is 0 Å². The van der Waals surface area contributed by atoms with Crippen LogP contribution in [0.5, 0.6) is 0 Å². The molecule has 0 heterocycles. The Labute approximate surface area is 97.3 Å². The maximum absolute atomic E-state index is 9.10. The van der Waals surface area contributed by atoms with Crippen LogP contribution in [0.2, 0.25) is 0 Å². The van der Waals surface area contributed by atoms with E-state index in [1.807, 2.05) is 0 Å². The van der Waals surface area contributed by atoms with Gasteiger partial charge in [0.25, 0.3) is 0 Å². The first-order chi connectivity index (χ1) is 6.29. The third kappa shape index (κ3) is 39.8. The van der Waals surface area contributed by atoms with E-state index >= 15 is 0 Å². The van der Waals surface area contributed by atoms with Crippen LogP contribution >= 0.6 is 0 Å². The Balaban J connectivity index is -0.0000000393. The van der Waals surface area contributed by atoms with E-state index in [2.05, 4.69) is 0 Å². The molecule has 0 atom stereocenters. The van der Waals surface area contributed by atoms with Crippen molar-refractivity contribution in [3.63, 3.8) is 0 Å². The molecule has 0 amide bonds. The molecule has 16 heavy (non-hydrogen) atoms. The van der Waals surface area contributed by atoms with Gasteiger partial charge in [-0.15, -0.1) is 0 Å². The molecular formula is C5H9FO9V. The molecule has 0 bridgehead atoms. The third-order valence-corrected chi connectivity index (χ3v) is 0.366. The van der Waals surface area contributed by atoms with Crippen LogP contribution in [0.1, 0.15) is 7.43 Å². The first-order valence-corrected chi connectivity index (χ1v) is 2.96. The van der Waals surface area contributed by atoms with Crippen molar-refractivity contribution in [2.24, 2.45) is 0 Å². The number of hydrogen-bond acceptors (Lipinski definition) is 5. The number of aliphatic carboxylic acids is 4. The molecule has 0 aliphatic heterocycles. The Morgan fingerprint density at radius 2 is 0.688 bits per heavy atom. The molecule has 0 aliphatic carbocycles. The van der Waals surface area contributed by atoms with Crippen LogP contribution in [0.15, 0.2) is 0 Å². The van der Waals surface area contributed by atoms with Gasteiger partial charge in [-0.3, -0.25) is 4.70 Å². The van der Waals surface area contributed by atoms with Crippen molar-refractivity contribution in [2.75, 3.05) is 0 Å². The van der Waals surface area contributed by atoms with Crippen molar-refractivity contribution in [1.82, 2.24) is 0 Å². The van der Waals surface area contributed by atoms with E-state index in [1.54, 1.807) is 0 Å². The second-order valence-electron chi connectivity index (χ2n) is 1.22. The summed E-state index contributed by atoms with van der Waals surface area (Å²) >= 11 is 1.06. The fourth-order valence-electron chi connectivity index (χ4n) is 0.